The van der Waals surface area contributed by atoms with Crippen LogP contribution in [-0.4, -0.2) is 24.3 Å². The summed E-state index contributed by atoms with van der Waals surface area (Å²) in [5, 5.41) is 0. The standard InChI is InChI=1S/C12H22O3.C2H6/c1-9(2)7-11-8-12(4,5-6-14-11)15-10(3)13;1-2/h9,11H,5-8H2,1-4H3;1-2H3/t11?,12-;/m0./s1. The normalized spacial score (nSPS) is 28.3. The average Bonchev–Trinajstić information content (AvgIpc) is 2.17. The minimum absolute atomic E-state index is 0.192. The second-order valence-electron chi connectivity index (χ2n) is 5.12. The molecular weight excluding hydrogens is 216 g/mol. The third-order valence-corrected chi connectivity index (χ3v) is 2.77. The van der Waals surface area contributed by atoms with Crippen molar-refractivity contribution < 1.29 is 14.3 Å². The van der Waals surface area contributed by atoms with Crippen LogP contribution in [0.3, 0.4) is 0 Å². The molecule has 3 nitrogen and oxygen atoms in total. The summed E-state index contributed by atoms with van der Waals surface area (Å²) in [5.41, 5.74) is -0.316. The molecule has 1 aliphatic rings. The van der Waals surface area contributed by atoms with E-state index < -0.39 is 0 Å². The van der Waals surface area contributed by atoms with Crippen LogP contribution in [0.1, 0.15) is 60.8 Å². The van der Waals surface area contributed by atoms with Crippen molar-refractivity contribution in [1.82, 2.24) is 0 Å². The first-order valence-corrected chi connectivity index (χ1v) is 6.72. The summed E-state index contributed by atoms with van der Waals surface area (Å²) in [4.78, 5) is 11.0. The van der Waals surface area contributed by atoms with Gasteiger partial charge in [0.2, 0.25) is 0 Å². The van der Waals surface area contributed by atoms with Crippen molar-refractivity contribution in [2.75, 3.05) is 6.61 Å². The number of hydrogen-bond donors (Lipinski definition) is 0. The van der Waals surface area contributed by atoms with E-state index in [-0.39, 0.29) is 17.7 Å². The lowest BCUT2D eigenvalue weighted by atomic mass is 9.88. The van der Waals surface area contributed by atoms with Gasteiger partial charge in [-0.3, -0.25) is 4.79 Å². The van der Waals surface area contributed by atoms with Crippen molar-refractivity contribution in [2.24, 2.45) is 5.92 Å². The zero-order chi connectivity index (χ0) is 13.5. The van der Waals surface area contributed by atoms with Crippen molar-refractivity contribution in [3.8, 4) is 0 Å². The zero-order valence-corrected chi connectivity index (χ0v) is 12.2. The maximum Gasteiger partial charge on any atom is 0.303 e. The maximum atomic E-state index is 11.0. The van der Waals surface area contributed by atoms with Crippen LogP contribution in [0.2, 0.25) is 0 Å². The SMILES string of the molecule is CC.CC(=O)O[C@@]1(C)CCOC(CC(C)C)C1. The molecule has 17 heavy (non-hydrogen) atoms. The van der Waals surface area contributed by atoms with E-state index in [4.69, 9.17) is 9.47 Å². The third kappa shape index (κ3) is 6.67. The van der Waals surface area contributed by atoms with Crippen LogP contribution in [0.5, 0.6) is 0 Å². The first-order valence-electron chi connectivity index (χ1n) is 6.72. The highest BCUT2D eigenvalue weighted by atomic mass is 16.6. The molecule has 1 heterocycles. The van der Waals surface area contributed by atoms with Gasteiger partial charge in [-0.25, -0.2) is 0 Å². The van der Waals surface area contributed by atoms with Crippen LogP contribution in [0.25, 0.3) is 0 Å². The molecule has 0 aliphatic carbocycles. The second kappa shape index (κ2) is 7.70. The van der Waals surface area contributed by atoms with E-state index in [2.05, 4.69) is 13.8 Å². The molecule has 0 radical (unpaired) electrons. The predicted octanol–water partition coefficient (Wildman–Crippen LogP) is 3.56. The molecule has 1 rings (SSSR count). The fraction of sp³-hybridized carbons (Fsp3) is 0.929. The Kier molecular flexibility index (Phi) is 7.44. The Bertz CT molecular complexity index is 226. The molecule has 0 spiro atoms. The number of hydrogen-bond acceptors (Lipinski definition) is 3. The van der Waals surface area contributed by atoms with E-state index in [9.17, 15) is 4.79 Å². The molecule has 3 heteroatoms. The van der Waals surface area contributed by atoms with E-state index in [0.29, 0.717) is 12.5 Å². The van der Waals surface area contributed by atoms with E-state index in [1.54, 1.807) is 0 Å². The fourth-order valence-corrected chi connectivity index (χ4v) is 2.20. The molecule has 1 unspecified atom stereocenters. The van der Waals surface area contributed by atoms with Gasteiger partial charge in [-0.2, -0.15) is 0 Å². The topological polar surface area (TPSA) is 35.5 Å². The number of rotatable bonds is 3. The first-order chi connectivity index (χ1) is 7.91. The van der Waals surface area contributed by atoms with E-state index >= 15 is 0 Å². The van der Waals surface area contributed by atoms with Gasteiger partial charge in [0.25, 0.3) is 0 Å². The molecule has 0 N–H and O–H groups in total. The zero-order valence-electron chi connectivity index (χ0n) is 12.2. The van der Waals surface area contributed by atoms with Gasteiger partial charge < -0.3 is 9.47 Å². The highest BCUT2D eigenvalue weighted by molar-refractivity contribution is 5.66. The average molecular weight is 244 g/mol. The largest absolute Gasteiger partial charge is 0.459 e. The fourth-order valence-electron chi connectivity index (χ4n) is 2.20. The van der Waals surface area contributed by atoms with E-state index in [0.717, 1.165) is 19.3 Å². The van der Waals surface area contributed by atoms with Gasteiger partial charge >= 0.3 is 5.97 Å². The van der Waals surface area contributed by atoms with Gasteiger partial charge in [0.1, 0.15) is 5.60 Å². The Morgan fingerprint density at radius 3 is 2.53 bits per heavy atom. The van der Waals surface area contributed by atoms with Crippen molar-refractivity contribution in [3.63, 3.8) is 0 Å². The first kappa shape index (κ1) is 16.4. The molecule has 0 bridgehead atoms. The van der Waals surface area contributed by atoms with Crippen molar-refractivity contribution >= 4 is 5.97 Å². The van der Waals surface area contributed by atoms with Gasteiger partial charge in [-0.05, 0) is 19.3 Å². The highest BCUT2D eigenvalue weighted by Crippen LogP contribution is 2.30. The smallest absolute Gasteiger partial charge is 0.303 e. The molecule has 2 atom stereocenters. The van der Waals surface area contributed by atoms with Crippen molar-refractivity contribution in [2.45, 2.75) is 72.5 Å². The van der Waals surface area contributed by atoms with Gasteiger partial charge in [-0.15, -0.1) is 0 Å². The molecule has 1 saturated heterocycles. The molecule has 0 amide bonds. The molecule has 0 saturated carbocycles. The summed E-state index contributed by atoms with van der Waals surface area (Å²) in [6, 6.07) is 0. The van der Waals surface area contributed by atoms with Crippen molar-refractivity contribution in [1.29, 1.82) is 0 Å². The lowest BCUT2D eigenvalue weighted by Gasteiger charge is -2.38. The summed E-state index contributed by atoms with van der Waals surface area (Å²) < 4.78 is 11.0. The Hall–Kier alpha value is -0.570. The Morgan fingerprint density at radius 2 is 2.06 bits per heavy atom. The maximum absolute atomic E-state index is 11.0. The number of esters is 1. The van der Waals surface area contributed by atoms with Crippen LogP contribution >= 0.6 is 0 Å². The summed E-state index contributed by atoms with van der Waals surface area (Å²) in [5.74, 6) is 0.428. The Labute approximate surface area is 106 Å². The molecule has 102 valence electrons. The molecule has 1 fully saturated rings. The van der Waals surface area contributed by atoms with E-state index in [1.807, 2.05) is 20.8 Å². The van der Waals surface area contributed by atoms with Crippen LogP contribution in [0.15, 0.2) is 0 Å². The Balaban J connectivity index is 0.00000121. The number of carbonyl (C=O) groups is 1. The lowest BCUT2D eigenvalue weighted by molar-refractivity contribution is -0.170. The van der Waals surface area contributed by atoms with Crippen molar-refractivity contribution in [3.05, 3.63) is 0 Å². The molecular formula is C14H28O3. The predicted molar refractivity (Wildman–Crippen MR) is 69.9 cm³/mol. The molecule has 0 aromatic carbocycles. The van der Waals surface area contributed by atoms with Gasteiger partial charge in [0.05, 0.1) is 12.7 Å². The molecule has 0 aromatic heterocycles. The number of ether oxygens (including phenoxy) is 2. The minimum Gasteiger partial charge on any atom is -0.459 e. The summed E-state index contributed by atoms with van der Waals surface area (Å²) in [6.07, 6.45) is 2.91. The second-order valence-corrected chi connectivity index (χ2v) is 5.12. The highest BCUT2D eigenvalue weighted by Gasteiger charge is 2.35. The van der Waals surface area contributed by atoms with Gasteiger partial charge in [-0.1, -0.05) is 27.7 Å². The van der Waals surface area contributed by atoms with Crippen LogP contribution in [0.4, 0.5) is 0 Å². The minimum atomic E-state index is -0.316. The summed E-state index contributed by atoms with van der Waals surface area (Å²) >= 11 is 0. The Morgan fingerprint density at radius 1 is 1.47 bits per heavy atom. The van der Waals surface area contributed by atoms with E-state index in [1.165, 1.54) is 6.92 Å². The lowest BCUT2D eigenvalue weighted by Crippen LogP contribution is -2.42. The molecule has 1 aliphatic heterocycles. The molecule has 0 aromatic rings. The summed E-state index contributed by atoms with van der Waals surface area (Å²) in [6.45, 7) is 12.5. The van der Waals surface area contributed by atoms with Crippen LogP contribution in [0, 0.1) is 5.92 Å². The number of carbonyl (C=O) groups excluding carboxylic acids is 1. The third-order valence-electron chi connectivity index (χ3n) is 2.77. The summed E-state index contributed by atoms with van der Waals surface area (Å²) in [7, 11) is 0. The van der Waals surface area contributed by atoms with Crippen LogP contribution in [-0.2, 0) is 14.3 Å². The monoisotopic (exact) mass is 244 g/mol. The van der Waals surface area contributed by atoms with Gasteiger partial charge in [0, 0.05) is 19.8 Å². The van der Waals surface area contributed by atoms with Gasteiger partial charge in [0.15, 0.2) is 0 Å². The quantitative estimate of drug-likeness (QED) is 0.712. The van der Waals surface area contributed by atoms with Crippen LogP contribution < -0.4 is 0 Å².